The molecule has 1 aromatic heterocycles. The van der Waals surface area contributed by atoms with Crippen molar-refractivity contribution in [3.8, 4) is 0 Å². The molecule has 1 saturated carbocycles. The molecule has 1 aromatic carbocycles. The van der Waals surface area contributed by atoms with Crippen molar-refractivity contribution >= 4 is 22.5 Å². The van der Waals surface area contributed by atoms with Crippen molar-refractivity contribution in [1.82, 2.24) is 15.5 Å². The number of carbonyl (C=O) groups excluding carboxylic acids is 1. The summed E-state index contributed by atoms with van der Waals surface area (Å²) in [6.07, 6.45) is 3.38. The minimum atomic E-state index is -0.182. The molecule has 1 heterocycles. The molecule has 0 atom stereocenters. The van der Waals surface area contributed by atoms with E-state index in [-0.39, 0.29) is 12.0 Å². The molecule has 2 aromatic rings. The zero-order chi connectivity index (χ0) is 14.8. The summed E-state index contributed by atoms with van der Waals surface area (Å²) in [4.78, 5) is 12.3. The number of amides is 1. The Balaban J connectivity index is 1.65. The standard InChI is InChI=1S/C15H20N4O2/c16-10-3-6-13-12(7-10)14(19-18-13)15(21)17-8-9-1-4-11(20)5-2-9/h3,6-7,9,11,20H,1-2,4-5,8,16H2,(H,17,21)(H,18,19). The number of fused-ring (bicyclic) bond motifs is 1. The van der Waals surface area contributed by atoms with Crippen molar-refractivity contribution in [2.75, 3.05) is 12.3 Å². The molecule has 6 heteroatoms. The van der Waals surface area contributed by atoms with Crippen LogP contribution in [0.25, 0.3) is 10.9 Å². The van der Waals surface area contributed by atoms with Crippen LogP contribution in [0, 0.1) is 5.92 Å². The van der Waals surface area contributed by atoms with Crippen molar-refractivity contribution in [2.24, 2.45) is 5.92 Å². The summed E-state index contributed by atoms with van der Waals surface area (Å²) in [5.74, 6) is 0.255. The van der Waals surface area contributed by atoms with Crippen molar-refractivity contribution in [3.63, 3.8) is 0 Å². The van der Waals surface area contributed by atoms with Crippen LogP contribution >= 0.6 is 0 Å². The minimum absolute atomic E-state index is 0.171. The second kappa shape index (κ2) is 5.73. The lowest BCUT2D eigenvalue weighted by Gasteiger charge is -2.25. The largest absolute Gasteiger partial charge is 0.399 e. The van der Waals surface area contributed by atoms with Gasteiger partial charge in [-0.2, -0.15) is 5.10 Å². The zero-order valence-corrected chi connectivity index (χ0v) is 11.8. The van der Waals surface area contributed by atoms with Gasteiger partial charge in [-0.05, 0) is 49.8 Å². The smallest absolute Gasteiger partial charge is 0.272 e. The lowest BCUT2D eigenvalue weighted by molar-refractivity contribution is 0.0907. The van der Waals surface area contributed by atoms with Gasteiger partial charge in [0.15, 0.2) is 5.69 Å². The van der Waals surface area contributed by atoms with E-state index in [0.717, 1.165) is 36.6 Å². The fourth-order valence-corrected chi connectivity index (χ4v) is 2.87. The summed E-state index contributed by atoms with van der Waals surface area (Å²) in [7, 11) is 0. The predicted molar refractivity (Wildman–Crippen MR) is 80.8 cm³/mol. The van der Waals surface area contributed by atoms with Gasteiger partial charge in [-0.25, -0.2) is 0 Å². The Kier molecular flexibility index (Phi) is 3.79. The Hall–Kier alpha value is -2.08. The molecular weight excluding hydrogens is 268 g/mol. The summed E-state index contributed by atoms with van der Waals surface area (Å²) in [5, 5.41) is 20.1. The van der Waals surface area contributed by atoms with Gasteiger partial charge in [0.1, 0.15) is 0 Å². The van der Waals surface area contributed by atoms with Crippen LogP contribution in [-0.2, 0) is 0 Å². The molecule has 6 nitrogen and oxygen atoms in total. The molecule has 0 saturated heterocycles. The third kappa shape index (κ3) is 3.00. The van der Waals surface area contributed by atoms with Crippen molar-refractivity contribution < 1.29 is 9.90 Å². The molecule has 112 valence electrons. The van der Waals surface area contributed by atoms with Crippen LogP contribution in [0.1, 0.15) is 36.2 Å². The van der Waals surface area contributed by atoms with Crippen LogP contribution in [-0.4, -0.2) is 33.9 Å². The maximum Gasteiger partial charge on any atom is 0.272 e. The van der Waals surface area contributed by atoms with Crippen molar-refractivity contribution in [1.29, 1.82) is 0 Å². The number of nitrogens with two attached hydrogens (primary N) is 1. The molecule has 21 heavy (non-hydrogen) atoms. The number of aromatic nitrogens is 2. The number of aliphatic hydroxyl groups is 1. The molecule has 1 aliphatic rings. The van der Waals surface area contributed by atoms with Gasteiger partial charge in [0, 0.05) is 17.6 Å². The van der Waals surface area contributed by atoms with Gasteiger partial charge in [-0.3, -0.25) is 9.89 Å². The van der Waals surface area contributed by atoms with E-state index in [0.29, 0.717) is 23.8 Å². The molecule has 3 rings (SSSR count). The second-order valence-electron chi connectivity index (χ2n) is 5.76. The van der Waals surface area contributed by atoms with Crippen molar-refractivity contribution in [3.05, 3.63) is 23.9 Å². The van der Waals surface area contributed by atoms with E-state index in [4.69, 9.17) is 5.73 Å². The van der Waals surface area contributed by atoms with E-state index in [1.54, 1.807) is 12.1 Å². The van der Waals surface area contributed by atoms with E-state index in [1.165, 1.54) is 0 Å². The number of H-pyrrole nitrogens is 1. The number of aromatic amines is 1. The molecule has 1 fully saturated rings. The van der Waals surface area contributed by atoms with E-state index >= 15 is 0 Å². The number of anilines is 1. The molecule has 0 bridgehead atoms. The summed E-state index contributed by atoms with van der Waals surface area (Å²) in [5.41, 5.74) is 7.55. The summed E-state index contributed by atoms with van der Waals surface area (Å²) in [6, 6.07) is 5.34. The topological polar surface area (TPSA) is 104 Å². The first kappa shape index (κ1) is 13.9. The lowest BCUT2D eigenvalue weighted by atomic mass is 9.87. The van der Waals surface area contributed by atoms with Gasteiger partial charge in [0.05, 0.1) is 11.6 Å². The number of aliphatic hydroxyl groups excluding tert-OH is 1. The first-order valence-electron chi connectivity index (χ1n) is 7.33. The zero-order valence-electron chi connectivity index (χ0n) is 11.8. The third-order valence-corrected chi connectivity index (χ3v) is 4.17. The van der Waals surface area contributed by atoms with Gasteiger partial charge in [-0.1, -0.05) is 0 Å². The highest BCUT2D eigenvalue weighted by atomic mass is 16.3. The van der Waals surface area contributed by atoms with Crippen LogP contribution in [0.4, 0.5) is 5.69 Å². The van der Waals surface area contributed by atoms with E-state index in [2.05, 4.69) is 15.5 Å². The van der Waals surface area contributed by atoms with E-state index in [9.17, 15) is 9.90 Å². The molecule has 0 radical (unpaired) electrons. The van der Waals surface area contributed by atoms with Gasteiger partial charge >= 0.3 is 0 Å². The highest BCUT2D eigenvalue weighted by Gasteiger charge is 2.21. The lowest BCUT2D eigenvalue weighted by Crippen LogP contribution is -2.32. The number of benzene rings is 1. The second-order valence-corrected chi connectivity index (χ2v) is 5.76. The molecule has 5 N–H and O–H groups in total. The Bertz CT molecular complexity index is 644. The van der Waals surface area contributed by atoms with E-state index in [1.807, 2.05) is 6.07 Å². The Labute approximate surface area is 122 Å². The quantitative estimate of drug-likeness (QED) is 0.641. The van der Waals surface area contributed by atoms with Crippen LogP contribution in [0.3, 0.4) is 0 Å². The molecule has 0 unspecified atom stereocenters. The minimum Gasteiger partial charge on any atom is -0.399 e. The highest BCUT2D eigenvalue weighted by molar-refractivity contribution is 6.05. The average molecular weight is 288 g/mol. The number of nitrogen functional groups attached to an aromatic ring is 1. The number of hydrogen-bond acceptors (Lipinski definition) is 4. The number of carbonyl (C=O) groups is 1. The Morgan fingerprint density at radius 3 is 2.90 bits per heavy atom. The first-order chi connectivity index (χ1) is 10.1. The SMILES string of the molecule is Nc1ccc2[nH]nc(C(=O)NCC3CCC(O)CC3)c2c1. The summed E-state index contributed by atoms with van der Waals surface area (Å²) in [6.45, 7) is 0.627. The molecule has 1 aliphatic carbocycles. The number of nitrogens with one attached hydrogen (secondary N) is 2. The summed E-state index contributed by atoms with van der Waals surface area (Å²) < 4.78 is 0. The fourth-order valence-electron chi connectivity index (χ4n) is 2.87. The van der Waals surface area contributed by atoms with Crippen LogP contribution < -0.4 is 11.1 Å². The predicted octanol–water partition coefficient (Wildman–Crippen LogP) is 1.43. The van der Waals surface area contributed by atoms with Gasteiger partial charge in [0.25, 0.3) is 5.91 Å². The molecule has 0 aliphatic heterocycles. The molecule has 1 amide bonds. The Morgan fingerprint density at radius 2 is 2.14 bits per heavy atom. The highest BCUT2D eigenvalue weighted by Crippen LogP contribution is 2.24. The van der Waals surface area contributed by atoms with Gasteiger partial charge in [-0.15, -0.1) is 0 Å². The van der Waals surface area contributed by atoms with Gasteiger partial charge < -0.3 is 16.2 Å². The maximum atomic E-state index is 12.3. The monoisotopic (exact) mass is 288 g/mol. The Morgan fingerprint density at radius 1 is 1.38 bits per heavy atom. The number of hydrogen-bond donors (Lipinski definition) is 4. The fraction of sp³-hybridized carbons (Fsp3) is 0.467. The third-order valence-electron chi connectivity index (χ3n) is 4.17. The average Bonchev–Trinajstić information content (AvgIpc) is 2.89. The van der Waals surface area contributed by atoms with Crippen LogP contribution in [0.2, 0.25) is 0 Å². The number of nitrogens with zero attached hydrogens (tertiary/aromatic N) is 1. The van der Waals surface area contributed by atoms with Crippen LogP contribution in [0.5, 0.6) is 0 Å². The molecular formula is C15H20N4O2. The van der Waals surface area contributed by atoms with Crippen LogP contribution in [0.15, 0.2) is 18.2 Å². The normalized spacial score (nSPS) is 22.3. The van der Waals surface area contributed by atoms with Gasteiger partial charge in [0.2, 0.25) is 0 Å². The molecule has 0 spiro atoms. The number of rotatable bonds is 3. The maximum absolute atomic E-state index is 12.3. The first-order valence-corrected chi connectivity index (χ1v) is 7.33. The van der Waals surface area contributed by atoms with E-state index < -0.39 is 0 Å². The summed E-state index contributed by atoms with van der Waals surface area (Å²) >= 11 is 0. The van der Waals surface area contributed by atoms with Crippen molar-refractivity contribution in [2.45, 2.75) is 31.8 Å².